The number of hydrogen-bond donors (Lipinski definition) is 0. The van der Waals surface area contributed by atoms with E-state index in [0.29, 0.717) is 41.8 Å². The molecule has 198 valence electrons. The van der Waals surface area contributed by atoms with Crippen LogP contribution in [0, 0.1) is 5.82 Å². The van der Waals surface area contributed by atoms with Crippen LogP contribution in [0.5, 0.6) is 0 Å². The fraction of sp³-hybridized carbons (Fsp3) is 0.344. The third-order valence-electron chi connectivity index (χ3n) is 7.14. The number of para-hydroxylation sites is 1. The molecule has 5 nitrogen and oxygen atoms in total. The monoisotopic (exact) mass is 513 g/mol. The number of nitrogens with zero attached hydrogens (tertiary/aromatic N) is 3. The molecular formula is C32H36FN3O2. The predicted octanol–water partition coefficient (Wildman–Crippen LogP) is 7.19. The van der Waals surface area contributed by atoms with E-state index in [1.54, 1.807) is 22.8 Å². The molecule has 6 heteroatoms. The van der Waals surface area contributed by atoms with Gasteiger partial charge in [-0.05, 0) is 61.2 Å². The largest absolute Gasteiger partial charge is 0.332 e. The van der Waals surface area contributed by atoms with E-state index in [1.807, 2.05) is 67.3 Å². The van der Waals surface area contributed by atoms with Crippen LogP contribution in [0.3, 0.4) is 0 Å². The Bertz CT molecular complexity index is 1420. The number of hydrogen-bond acceptors (Lipinski definition) is 3. The lowest BCUT2D eigenvalue weighted by molar-refractivity contribution is -0.136. The maximum Gasteiger partial charge on any atom is 0.266 e. The molecule has 1 aromatic heterocycles. The Kier molecular flexibility index (Phi) is 9.06. The number of aromatic nitrogens is 2. The van der Waals surface area contributed by atoms with Crippen LogP contribution in [-0.2, 0) is 4.79 Å². The van der Waals surface area contributed by atoms with Crippen LogP contribution >= 0.6 is 0 Å². The fourth-order valence-electron chi connectivity index (χ4n) is 5.15. The third kappa shape index (κ3) is 5.69. The van der Waals surface area contributed by atoms with Crippen LogP contribution in [0.25, 0.3) is 16.6 Å². The Balaban J connectivity index is 1.90. The molecule has 0 aliphatic rings. The Morgan fingerprint density at radius 2 is 1.58 bits per heavy atom. The number of carbonyl (C=O) groups is 1. The number of benzene rings is 3. The summed E-state index contributed by atoms with van der Waals surface area (Å²) >= 11 is 0. The van der Waals surface area contributed by atoms with E-state index in [9.17, 15) is 14.0 Å². The lowest BCUT2D eigenvalue weighted by Gasteiger charge is -2.35. The number of rotatable bonds is 11. The lowest BCUT2D eigenvalue weighted by Crippen LogP contribution is -2.41. The molecule has 0 bridgehead atoms. The lowest BCUT2D eigenvalue weighted by atomic mass is 9.93. The van der Waals surface area contributed by atoms with E-state index in [1.165, 1.54) is 12.1 Å². The van der Waals surface area contributed by atoms with Crippen molar-refractivity contribution in [3.63, 3.8) is 0 Å². The van der Waals surface area contributed by atoms with Crippen LogP contribution in [-0.4, -0.2) is 26.9 Å². The SMILES string of the molecule is CCCCCN(C(=O)C(CC)c1ccccc1)C(CC)c1nc2ccccc2c(=O)n1-c1ccc(F)cc1. The van der Waals surface area contributed by atoms with Gasteiger partial charge in [-0.1, -0.05) is 76.1 Å². The number of carbonyl (C=O) groups excluding carboxylic acids is 1. The van der Waals surface area contributed by atoms with Gasteiger partial charge in [0, 0.05) is 6.54 Å². The predicted molar refractivity (Wildman–Crippen MR) is 151 cm³/mol. The molecule has 4 rings (SSSR count). The zero-order chi connectivity index (χ0) is 27.1. The van der Waals surface area contributed by atoms with E-state index in [-0.39, 0.29) is 23.2 Å². The molecule has 0 fully saturated rings. The maximum absolute atomic E-state index is 14.2. The molecule has 3 aromatic carbocycles. The summed E-state index contributed by atoms with van der Waals surface area (Å²) in [5.74, 6) is -0.141. The summed E-state index contributed by atoms with van der Waals surface area (Å²) in [4.78, 5) is 35.0. The molecule has 1 heterocycles. The molecule has 2 atom stereocenters. The average Bonchev–Trinajstić information content (AvgIpc) is 2.94. The zero-order valence-electron chi connectivity index (χ0n) is 22.4. The Morgan fingerprint density at radius 3 is 2.24 bits per heavy atom. The van der Waals surface area contributed by atoms with Crippen molar-refractivity contribution in [1.29, 1.82) is 0 Å². The number of fused-ring (bicyclic) bond motifs is 1. The minimum Gasteiger partial charge on any atom is -0.332 e. The second kappa shape index (κ2) is 12.6. The standard InChI is InChI=1S/C32H36FN3O2/c1-4-7-13-22-35(31(37)26(5-2)23-14-9-8-10-15-23)29(6-3)30-34-28-17-12-11-16-27(28)32(38)36(30)25-20-18-24(33)19-21-25/h8-12,14-21,26,29H,4-7,13,22H2,1-3H3. The van der Waals surface area contributed by atoms with Crippen molar-refractivity contribution in [3.8, 4) is 5.69 Å². The van der Waals surface area contributed by atoms with Crippen molar-refractivity contribution < 1.29 is 9.18 Å². The normalized spacial score (nSPS) is 12.8. The van der Waals surface area contributed by atoms with Gasteiger partial charge in [0.2, 0.25) is 5.91 Å². The van der Waals surface area contributed by atoms with Gasteiger partial charge in [0.25, 0.3) is 5.56 Å². The van der Waals surface area contributed by atoms with Crippen LogP contribution in [0.4, 0.5) is 4.39 Å². The Labute approximate surface area is 224 Å². The van der Waals surface area contributed by atoms with Gasteiger partial charge in [-0.25, -0.2) is 9.37 Å². The van der Waals surface area contributed by atoms with E-state index in [2.05, 4.69) is 6.92 Å². The van der Waals surface area contributed by atoms with Gasteiger partial charge >= 0.3 is 0 Å². The first-order chi connectivity index (χ1) is 18.5. The summed E-state index contributed by atoms with van der Waals surface area (Å²) in [6.07, 6.45) is 4.13. The molecule has 4 aromatic rings. The Morgan fingerprint density at radius 1 is 0.895 bits per heavy atom. The molecule has 38 heavy (non-hydrogen) atoms. The van der Waals surface area contributed by atoms with Crippen molar-refractivity contribution in [1.82, 2.24) is 14.5 Å². The second-order valence-corrected chi connectivity index (χ2v) is 9.64. The summed E-state index contributed by atoms with van der Waals surface area (Å²) < 4.78 is 15.4. The van der Waals surface area contributed by atoms with Crippen molar-refractivity contribution in [2.75, 3.05) is 6.54 Å². The highest BCUT2D eigenvalue weighted by Crippen LogP contribution is 2.31. The highest BCUT2D eigenvalue weighted by atomic mass is 19.1. The molecular weight excluding hydrogens is 477 g/mol. The summed E-state index contributed by atoms with van der Waals surface area (Å²) in [5.41, 5.74) is 1.86. The van der Waals surface area contributed by atoms with Gasteiger partial charge in [0.1, 0.15) is 11.6 Å². The maximum atomic E-state index is 14.2. The van der Waals surface area contributed by atoms with Crippen molar-refractivity contribution in [3.05, 3.63) is 106 Å². The Hall–Kier alpha value is -3.80. The summed E-state index contributed by atoms with van der Waals surface area (Å²) in [6.45, 7) is 6.76. The van der Waals surface area contributed by atoms with E-state index in [4.69, 9.17) is 4.98 Å². The van der Waals surface area contributed by atoms with Gasteiger partial charge in [-0.2, -0.15) is 0 Å². The second-order valence-electron chi connectivity index (χ2n) is 9.64. The van der Waals surface area contributed by atoms with Crippen molar-refractivity contribution in [2.45, 2.75) is 64.8 Å². The van der Waals surface area contributed by atoms with Crippen molar-refractivity contribution in [2.24, 2.45) is 0 Å². The molecule has 0 N–H and O–H groups in total. The summed E-state index contributed by atoms with van der Waals surface area (Å²) in [7, 11) is 0. The number of halogens is 1. The molecule has 0 aliphatic carbocycles. The molecule has 2 unspecified atom stereocenters. The van der Waals surface area contributed by atoms with Gasteiger partial charge in [-0.3, -0.25) is 14.2 Å². The van der Waals surface area contributed by atoms with Crippen molar-refractivity contribution >= 4 is 16.8 Å². The molecule has 0 saturated heterocycles. The molecule has 0 radical (unpaired) electrons. The molecule has 0 spiro atoms. The quantitative estimate of drug-likeness (QED) is 0.200. The van der Waals surface area contributed by atoms with Crippen LogP contribution in [0.1, 0.15) is 76.2 Å². The minimum absolute atomic E-state index is 0.0368. The molecule has 1 amide bonds. The average molecular weight is 514 g/mol. The fourth-order valence-corrected chi connectivity index (χ4v) is 5.15. The third-order valence-corrected chi connectivity index (χ3v) is 7.14. The topological polar surface area (TPSA) is 55.2 Å². The van der Waals surface area contributed by atoms with Crippen LogP contribution in [0.2, 0.25) is 0 Å². The summed E-state index contributed by atoms with van der Waals surface area (Å²) in [6, 6.07) is 22.5. The smallest absolute Gasteiger partial charge is 0.266 e. The van der Waals surface area contributed by atoms with Crippen LogP contribution < -0.4 is 5.56 Å². The van der Waals surface area contributed by atoms with Gasteiger partial charge in [0.15, 0.2) is 0 Å². The molecule has 0 aliphatic heterocycles. The van der Waals surface area contributed by atoms with Gasteiger partial charge in [0.05, 0.1) is 28.6 Å². The van der Waals surface area contributed by atoms with Gasteiger partial charge < -0.3 is 4.90 Å². The highest BCUT2D eigenvalue weighted by Gasteiger charge is 2.32. The van der Waals surface area contributed by atoms with Crippen LogP contribution in [0.15, 0.2) is 83.7 Å². The molecule has 0 saturated carbocycles. The highest BCUT2D eigenvalue weighted by molar-refractivity contribution is 5.84. The van der Waals surface area contributed by atoms with E-state index >= 15 is 0 Å². The summed E-state index contributed by atoms with van der Waals surface area (Å²) in [5, 5.41) is 0.481. The minimum atomic E-state index is -0.431. The van der Waals surface area contributed by atoms with E-state index in [0.717, 1.165) is 24.8 Å². The number of unbranched alkanes of at least 4 members (excludes halogenated alkanes) is 2. The zero-order valence-corrected chi connectivity index (χ0v) is 22.4. The first-order valence-corrected chi connectivity index (χ1v) is 13.6. The number of amides is 1. The first kappa shape index (κ1) is 27.2. The first-order valence-electron chi connectivity index (χ1n) is 13.6. The van der Waals surface area contributed by atoms with Gasteiger partial charge in [-0.15, -0.1) is 0 Å². The van der Waals surface area contributed by atoms with E-state index < -0.39 is 6.04 Å².